The lowest BCUT2D eigenvalue weighted by molar-refractivity contribution is 0.246. The smallest absolute Gasteiger partial charge is 0.326 e. The van der Waals surface area contributed by atoms with E-state index in [4.69, 9.17) is 5.73 Å². The maximum Gasteiger partial charge on any atom is 0.326 e. The molecule has 3 aromatic carbocycles. The third-order valence-corrected chi connectivity index (χ3v) is 8.45. The Bertz CT molecular complexity index is 1380. The molecule has 174 valence electrons. The summed E-state index contributed by atoms with van der Waals surface area (Å²) < 4.78 is 27.7. The molecule has 1 saturated heterocycles. The first-order valence-corrected chi connectivity index (χ1v) is 12.2. The van der Waals surface area contributed by atoms with Crippen LogP contribution in [0.1, 0.15) is 11.1 Å². The molecule has 0 saturated carbocycles. The molecule has 5 N–H and O–H groups in total. The zero-order valence-corrected chi connectivity index (χ0v) is 18.9. The standard InChI is InChI=1S/C24H23N5O4S/c25-18-6-8-19(9-7-18)27-23(31)29-13-12-16-14-20(10-11-21(16)29)34(32,33)24(15-26-22(30)28-24)17-4-2-1-3-5-17/h1-11,14H,12-13,15,25H2,(H,27,31)(H2,26,28,30). The van der Waals surface area contributed by atoms with E-state index < -0.39 is 20.7 Å². The highest BCUT2D eigenvalue weighted by Crippen LogP contribution is 2.38. The number of carbonyl (C=O) groups is 2. The van der Waals surface area contributed by atoms with Gasteiger partial charge in [-0.2, -0.15) is 0 Å². The van der Waals surface area contributed by atoms with Crippen LogP contribution >= 0.6 is 0 Å². The van der Waals surface area contributed by atoms with Crippen molar-refractivity contribution in [2.24, 2.45) is 0 Å². The molecule has 9 nitrogen and oxygen atoms in total. The van der Waals surface area contributed by atoms with E-state index >= 15 is 0 Å². The lowest BCUT2D eigenvalue weighted by atomic mass is 10.1. The summed E-state index contributed by atoms with van der Waals surface area (Å²) in [5, 5.41) is 8.05. The Morgan fingerprint density at radius 3 is 2.44 bits per heavy atom. The van der Waals surface area contributed by atoms with Crippen molar-refractivity contribution in [3.63, 3.8) is 0 Å². The van der Waals surface area contributed by atoms with E-state index in [1.165, 1.54) is 6.07 Å². The molecule has 0 spiro atoms. The number of urea groups is 2. The van der Waals surface area contributed by atoms with Crippen LogP contribution in [-0.4, -0.2) is 33.6 Å². The summed E-state index contributed by atoms with van der Waals surface area (Å²) in [5.41, 5.74) is 8.76. The molecule has 0 bridgehead atoms. The summed E-state index contributed by atoms with van der Waals surface area (Å²) in [4.78, 5) is 24.9. The Morgan fingerprint density at radius 1 is 1.03 bits per heavy atom. The van der Waals surface area contributed by atoms with Crippen LogP contribution in [0.2, 0.25) is 0 Å². The average molecular weight is 478 g/mol. The Morgan fingerprint density at radius 2 is 1.76 bits per heavy atom. The lowest BCUT2D eigenvalue weighted by Gasteiger charge is -2.28. The fourth-order valence-electron chi connectivity index (χ4n) is 4.39. The lowest BCUT2D eigenvalue weighted by Crippen LogP contribution is -2.47. The van der Waals surface area contributed by atoms with Gasteiger partial charge in [0.1, 0.15) is 0 Å². The van der Waals surface area contributed by atoms with E-state index in [1.54, 1.807) is 71.6 Å². The minimum Gasteiger partial charge on any atom is -0.399 e. The zero-order valence-electron chi connectivity index (χ0n) is 18.1. The number of anilines is 3. The molecular weight excluding hydrogens is 454 g/mol. The van der Waals surface area contributed by atoms with Crippen LogP contribution in [0.4, 0.5) is 26.7 Å². The largest absolute Gasteiger partial charge is 0.399 e. The van der Waals surface area contributed by atoms with Crippen LogP contribution < -0.4 is 26.6 Å². The van der Waals surface area contributed by atoms with Gasteiger partial charge in [-0.1, -0.05) is 30.3 Å². The fraction of sp³-hybridized carbons (Fsp3) is 0.167. The first-order chi connectivity index (χ1) is 16.3. The van der Waals surface area contributed by atoms with Crippen LogP contribution in [-0.2, 0) is 21.1 Å². The van der Waals surface area contributed by atoms with Crippen molar-refractivity contribution in [1.29, 1.82) is 0 Å². The first-order valence-electron chi connectivity index (χ1n) is 10.7. The number of amides is 4. The van der Waals surface area contributed by atoms with Gasteiger partial charge in [-0.25, -0.2) is 18.0 Å². The molecule has 10 heteroatoms. The molecular formula is C24H23N5O4S. The highest BCUT2D eigenvalue weighted by Gasteiger charge is 2.51. The number of nitrogen functional groups attached to an aromatic ring is 1. The number of rotatable bonds is 4. The number of nitrogens with zero attached hydrogens (tertiary/aromatic N) is 1. The van der Waals surface area contributed by atoms with E-state index in [0.717, 1.165) is 5.56 Å². The van der Waals surface area contributed by atoms with Gasteiger partial charge >= 0.3 is 12.1 Å². The molecule has 34 heavy (non-hydrogen) atoms. The molecule has 0 aromatic heterocycles. The van der Waals surface area contributed by atoms with Crippen LogP contribution in [0.5, 0.6) is 0 Å². The van der Waals surface area contributed by atoms with Gasteiger partial charge in [-0.05, 0) is 60.0 Å². The van der Waals surface area contributed by atoms with E-state index in [9.17, 15) is 18.0 Å². The van der Waals surface area contributed by atoms with Crippen molar-refractivity contribution in [3.05, 3.63) is 83.9 Å². The second-order valence-electron chi connectivity index (χ2n) is 8.25. The Labute approximate surface area is 196 Å². The SMILES string of the molecule is Nc1ccc(NC(=O)N2CCc3cc(S(=O)(=O)C4(c5ccccc5)CNC(=O)N4)ccc32)cc1. The first kappa shape index (κ1) is 21.8. The molecule has 1 unspecified atom stereocenters. The normalized spacial score (nSPS) is 19.3. The highest BCUT2D eigenvalue weighted by atomic mass is 32.2. The second kappa shape index (κ2) is 8.07. The quantitative estimate of drug-likeness (QED) is 0.429. The molecule has 3 aromatic rings. The predicted molar refractivity (Wildman–Crippen MR) is 129 cm³/mol. The number of nitrogens with two attached hydrogens (primary N) is 1. The Kier molecular flexibility index (Phi) is 5.17. The summed E-state index contributed by atoms with van der Waals surface area (Å²) in [6, 6.07) is 19.3. The van der Waals surface area contributed by atoms with Gasteiger partial charge in [-0.15, -0.1) is 0 Å². The van der Waals surface area contributed by atoms with Crippen LogP contribution in [0, 0.1) is 0 Å². The van der Waals surface area contributed by atoms with Gasteiger partial charge in [-0.3, -0.25) is 4.90 Å². The van der Waals surface area contributed by atoms with Gasteiger partial charge < -0.3 is 21.7 Å². The summed E-state index contributed by atoms with van der Waals surface area (Å²) in [6.45, 7) is 0.327. The van der Waals surface area contributed by atoms with Gasteiger partial charge in [0.05, 0.1) is 11.4 Å². The molecule has 4 amide bonds. The van der Waals surface area contributed by atoms with Gasteiger partial charge in [0, 0.05) is 23.6 Å². The molecule has 1 fully saturated rings. The van der Waals surface area contributed by atoms with Gasteiger partial charge in [0.15, 0.2) is 4.87 Å². The number of hydrogen-bond acceptors (Lipinski definition) is 5. The third-order valence-electron chi connectivity index (χ3n) is 6.18. The summed E-state index contributed by atoms with van der Waals surface area (Å²) in [7, 11) is -4.02. The molecule has 1 atom stereocenters. The number of sulfone groups is 1. The van der Waals surface area contributed by atoms with Crippen molar-refractivity contribution in [1.82, 2.24) is 10.6 Å². The minimum absolute atomic E-state index is 0.0832. The minimum atomic E-state index is -4.02. The number of carbonyl (C=O) groups excluding carboxylic acids is 2. The van der Waals surface area contributed by atoms with E-state index in [1.807, 2.05) is 0 Å². The molecule has 2 aliphatic heterocycles. The van der Waals surface area contributed by atoms with E-state index in [2.05, 4.69) is 16.0 Å². The van der Waals surface area contributed by atoms with Crippen LogP contribution in [0.3, 0.4) is 0 Å². The number of fused-ring (bicyclic) bond motifs is 1. The van der Waals surface area contributed by atoms with Crippen molar-refractivity contribution in [3.8, 4) is 0 Å². The van der Waals surface area contributed by atoms with Gasteiger partial charge in [0.2, 0.25) is 9.84 Å². The number of nitrogens with one attached hydrogen (secondary N) is 3. The van der Waals surface area contributed by atoms with Crippen molar-refractivity contribution >= 4 is 39.0 Å². The molecule has 5 rings (SSSR count). The molecule has 2 heterocycles. The van der Waals surface area contributed by atoms with Gasteiger partial charge in [0.25, 0.3) is 0 Å². The molecule has 2 aliphatic rings. The Balaban J connectivity index is 1.46. The third kappa shape index (κ3) is 3.52. The van der Waals surface area contributed by atoms with E-state index in [-0.39, 0.29) is 17.5 Å². The van der Waals surface area contributed by atoms with Crippen molar-refractivity contribution < 1.29 is 18.0 Å². The molecule has 0 aliphatic carbocycles. The second-order valence-corrected chi connectivity index (χ2v) is 10.4. The topological polar surface area (TPSA) is 134 Å². The van der Waals surface area contributed by atoms with Crippen molar-refractivity contribution in [2.45, 2.75) is 16.2 Å². The van der Waals surface area contributed by atoms with E-state index in [0.29, 0.717) is 35.6 Å². The van der Waals surface area contributed by atoms with Crippen LogP contribution in [0.25, 0.3) is 0 Å². The summed E-state index contributed by atoms with van der Waals surface area (Å²) >= 11 is 0. The summed E-state index contributed by atoms with van der Waals surface area (Å²) in [5.74, 6) is 0. The fourth-order valence-corrected chi connectivity index (χ4v) is 6.27. The monoisotopic (exact) mass is 477 g/mol. The number of hydrogen-bond donors (Lipinski definition) is 4. The molecule has 0 radical (unpaired) electrons. The number of benzene rings is 3. The van der Waals surface area contributed by atoms with Crippen LogP contribution in [0.15, 0.2) is 77.7 Å². The Hall–Kier alpha value is -4.05. The highest BCUT2D eigenvalue weighted by molar-refractivity contribution is 7.92. The predicted octanol–water partition coefficient (Wildman–Crippen LogP) is 2.80. The zero-order chi connectivity index (χ0) is 23.9. The summed E-state index contributed by atoms with van der Waals surface area (Å²) in [6.07, 6.45) is 0.511. The average Bonchev–Trinajstić information content (AvgIpc) is 3.45. The maximum atomic E-state index is 13.8. The van der Waals surface area contributed by atoms with Crippen molar-refractivity contribution in [2.75, 3.05) is 29.0 Å². The maximum absolute atomic E-state index is 13.8.